The van der Waals surface area contributed by atoms with Gasteiger partial charge >= 0.3 is 0 Å². The van der Waals surface area contributed by atoms with Crippen LogP contribution >= 0.6 is 0 Å². The van der Waals surface area contributed by atoms with Crippen molar-refractivity contribution in [1.29, 1.82) is 1.43 Å². The SMILES string of the molecule is [2H]Oc1ccc(C(C)C)cc1. The molecule has 0 spiro atoms. The lowest BCUT2D eigenvalue weighted by atomic mass is 10.0. The van der Waals surface area contributed by atoms with Gasteiger partial charge in [-0.05, 0) is 23.6 Å². The van der Waals surface area contributed by atoms with Crippen molar-refractivity contribution in [2.45, 2.75) is 19.8 Å². The Morgan fingerprint density at radius 3 is 2.30 bits per heavy atom. The van der Waals surface area contributed by atoms with Crippen LogP contribution in [0.1, 0.15) is 25.3 Å². The number of hydrogen-bond acceptors (Lipinski definition) is 1. The van der Waals surface area contributed by atoms with Gasteiger partial charge in [-0.25, -0.2) is 0 Å². The van der Waals surface area contributed by atoms with E-state index in [9.17, 15) is 0 Å². The molecule has 0 fully saturated rings. The van der Waals surface area contributed by atoms with Crippen molar-refractivity contribution in [1.82, 2.24) is 0 Å². The zero-order valence-electron chi connectivity index (χ0n) is 7.29. The highest BCUT2D eigenvalue weighted by Gasteiger charge is 1.96. The highest BCUT2D eigenvalue weighted by molar-refractivity contribution is 5.27. The lowest BCUT2D eigenvalue weighted by Crippen LogP contribution is -1.84. The summed E-state index contributed by atoms with van der Waals surface area (Å²) in [6.45, 7) is 4.27. The molecule has 10 heavy (non-hydrogen) atoms. The van der Waals surface area contributed by atoms with Crippen LogP contribution in [0.5, 0.6) is 5.75 Å². The molecule has 0 saturated carbocycles. The molecule has 0 aliphatic carbocycles. The fraction of sp³-hybridized carbons (Fsp3) is 0.333. The van der Waals surface area contributed by atoms with Crippen LogP contribution in [0.15, 0.2) is 24.3 Å². The minimum atomic E-state index is 0.537. The summed E-state index contributed by atoms with van der Waals surface area (Å²) in [7, 11) is 0. The molecule has 0 aliphatic heterocycles. The summed E-state index contributed by atoms with van der Waals surface area (Å²) in [5, 5.41) is 4.30. The van der Waals surface area contributed by atoms with Gasteiger partial charge in [0.2, 0.25) is 0 Å². The largest absolute Gasteiger partial charge is 0.508 e. The van der Waals surface area contributed by atoms with Crippen LogP contribution in [0.25, 0.3) is 0 Å². The first-order valence-corrected chi connectivity index (χ1v) is 3.47. The average molecular weight is 137 g/mol. The van der Waals surface area contributed by atoms with Gasteiger partial charge in [0.25, 0.3) is 1.43 Å². The molecule has 1 heteroatoms. The molecule has 1 aromatic rings. The fourth-order valence-corrected chi connectivity index (χ4v) is 0.853. The maximum Gasteiger partial charge on any atom is 0.293 e. The van der Waals surface area contributed by atoms with Gasteiger partial charge in [0.15, 0.2) is 0 Å². The van der Waals surface area contributed by atoms with Crippen LogP contribution in [0, 0.1) is 0 Å². The smallest absolute Gasteiger partial charge is 0.293 e. The Bertz CT molecular complexity index is 216. The summed E-state index contributed by atoms with van der Waals surface area (Å²) in [4.78, 5) is 0. The zero-order chi connectivity index (χ0) is 8.27. The standard InChI is InChI=1S/C9H12O/c1-7(2)8-3-5-9(10)6-4-8/h3-7,10H,1-2H3/i/hD. The molecule has 0 heterocycles. The van der Waals surface area contributed by atoms with E-state index in [2.05, 4.69) is 19.0 Å². The molecule has 0 saturated heterocycles. The van der Waals surface area contributed by atoms with Crippen LogP contribution in [0.3, 0.4) is 0 Å². The highest BCUT2D eigenvalue weighted by Crippen LogP contribution is 2.16. The monoisotopic (exact) mass is 137 g/mol. The van der Waals surface area contributed by atoms with Gasteiger partial charge in [0.05, 0.1) is 0 Å². The highest BCUT2D eigenvalue weighted by atomic mass is 16.3. The molecule has 54 valence electrons. The minimum Gasteiger partial charge on any atom is -0.508 e. The van der Waals surface area contributed by atoms with E-state index in [0.29, 0.717) is 11.7 Å². The number of hydrogen-bond donors (Lipinski definition) is 1. The van der Waals surface area contributed by atoms with Crippen LogP contribution in [-0.4, -0.2) is 6.54 Å². The summed E-state index contributed by atoms with van der Waals surface area (Å²) >= 11 is 0. The predicted molar refractivity (Wildman–Crippen MR) is 42.2 cm³/mol. The third kappa shape index (κ3) is 1.50. The van der Waals surface area contributed by atoms with Crippen molar-refractivity contribution in [3.8, 4) is 5.75 Å². The van der Waals surface area contributed by atoms with E-state index in [1.807, 2.05) is 24.3 Å². The maximum absolute atomic E-state index is 6.62. The maximum atomic E-state index is 6.62. The summed E-state index contributed by atoms with van der Waals surface area (Å²) in [5.41, 5.74) is 1.27. The molecule has 0 radical (unpaired) electrons. The van der Waals surface area contributed by atoms with Crippen LogP contribution in [0.2, 0.25) is 0 Å². The Balaban J connectivity index is 2.83. The van der Waals surface area contributed by atoms with Gasteiger partial charge in [0.1, 0.15) is 5.75 Å². The van der Waals surface area contributed by atoms with Crippen LogP contribution in [0.4, 0.5) is 0 Å². The van der Waals surface area contributed by atoms with Crippen molar-refractivity contribution in [2.75, 3.05) is 0 Å². The van der Waals surface area contributed by atoms with Crippen molar-refractivity contribution < 1.29 is 5.11 Å². The summed E-state index contributed by atoms with van der Waals surface area (Å²) in [6.07, 6.45) is 0. The first-order chi connectivity index (χ1) is 5.24. The number of phenols is 1. The first-order valence-electron chi connectivity index (χ1n) is 3.88. The Morgan fingerprint density at radius 1 is 1.30 bits per heavy atom. The molecule has 1 N–H and O–H groups in total. The number of aromatic hydroxyl groups is 1. The predicted octanol–water partition coefficient (Wildman–Crippen LogP) is 2.52. The summed E-state index contributed by atoms with van der Waals surface area (Å²) in [6, 6.07) is 7.58. The Labute approximate surface area is 62.8 Å². The lowest BCUT2D eigenvalue weighted by Gasteiger charge is -2.03. The Morgan fingerprint density at radius 2 is 1.90 bits per heavy atom. The lowest BCUT2D eigenvalue weighted by molar-refractivity contribution is 0.475. The van der Waals surface area contributed by atoms with Crippen molar-refractivity contribution in [2.24, 2.45) is 0 Å². The van der Waals surface area contributed by atoms with Crippen molar-refractivity contribution in [3.05, 3.63) is 29.8 Å². The quantitative estimate of drug-likeness (QED) is 0.664. The molecule has 0 atom stereocenters. The van der Waals surface area contributed by atoms with E-state index in [1.165, 1.54) is 5.56 Å². The Hall–Kier alpha value is -0.980. The zero-order valence-corrected chi connectivity index (χ0v) is 6.29. The molecular formula is C9H12O. The van der Waals surface area contributed by atoms with E-state index in [-0.39, 0.29) is 0 Å². The Kier molecular flexibility index (Phi) is 1.58. The average Bonchev–Trinajstić information content (AvgIpc) is 2.05. The first kappa shape index (κ1) is 5.78. The number of benzene rings is 1. The second kappa shape index (κ2) is 2.74. The van der Waals surface area contributed by atoms with Crippen LogP contribution in [-0.2, 0) is 0 Å². The van der Waals surface area contributed by atoms with Gasteiger partial charge in [-0.2, -0.15) is 0 Å². The fourth-order valence-electron chi connectivity index (χ4n) is 0.853. The third-order valence-corrected chi connectivity index (χ3v) is 1.55. The third-order valence-electron chi connectivity index (χ3n) is 1.55. The van der Waals surface area contributed by atoms with Crippen molar-refractivity contribution in [3.63, 3.8) is 0 Å². The number of rotatable bonds is 2. The van der Waals surface area contributed by atoms with E-state index in [1.54, 1.807) is 0 Å². The van der Waals surface area contributed by atoms with Gasteiger partial charge in [-0.1, -0.05) is 26.0 Å². The van der Waals surface area contributed by atoms with E-state index in [0.717, 1.165) is 0 Å². The van der Waals surface area contributed by atoms with Gasteiger partial charge in [-0.15, -0.1) is 0 Å². The molecule has 1 rings (SSSR count). The summed E-state index contributed by atoms with van der Waals surface area (Å²) in [5.74, 6) is 1.13. The normalized spacial score (nSPS) is 11.3. The topological polar surface area (TPSA) is 20.2 Å². The van der Waals surface area contributed by atoms with Gasteiger partial charge in [0, 0.05) is 0 Å². The number of phenolic OH excluding ortho intramolecular Hbond substituents is 1. The molecular weight excluding hydrogens is 124 g/mol. The van der Waals surface area contributed by atoms with Crippen LogP contribution < -0.4 is 0 Å². The molecule has 1 aromatic carbocycles. The molecule has 0 aliphatic rings. The minimum absolute atomic E-state index is 0.537. The van der Waals surface area contributed by atoms with E-state index in [4.69, 9.17) is 1.43 Å². The van der Waals surface area contributed by atoms with E-state index < -0.39 is 0 Å². The summed E-state index contributed by atoms with van der Waals surface area (Å²) < 4.78 is 6.62. The molecule has 1 nitrogen and oxygen atoms in total. The molecule has 0 amide bonds. The van der Waals surface area contributed by atoms with Crippen molar-refractivity contribution >= 4 is 0 Å². The molecule has 0 bridgehead atoms. The second-order valence-electron chi connectivity index (χ2n) is 2.72. The molecule has 0 unspecified atom stereocenters. The van der Waals surface area contributed by atoms with Gasteiger partial charge in [-0.3, -0.25) is 0 Å². The van der Waals surface area contributed by atoms with Gasteiger partial charge < -0.3 is 5.11 Å². The van der Waals surface area contributed by atoms with E-state index >= 15 is 0 Å². The second-order valence-corrected chi connectivity index (χ2v) is 2.72. The molecule has 0 aromatic heterocycles.